The number of hydrazine groups is 1. The normalized spacial score (nSPS) is 9.96. The van der Waals surface area contributed by atoms with Gasteiger partial charge in [-0.2, -0.15) is 0 Å². The molecule has 0 radical (unpaired) electrons. The van der Waals surface area contributed by atoms with E-state index in [1.807, 2.05) is 42.5 Å². The Morgan fingerprint density at radius 2 is 1.65 bits per heavy atom. The number of benzene rings is 2. The van der Waals surface area contributed by atoms with Crippen molar-refractivity contribution in [3.05, 3.63) is 60.2 Å². The zero-order valence-electron chi connectivity index (χ0n) is 12.1. The van der Waals surface area contributed by atoms with Crippen LogP contribution in [0.25, 0.3) is 10.8 Å². The lowest BCUT2D eigenvalue weighted by molar-refractivity contribution is -0.136. The van der Waals surface area contributed by atoms with Crippen molar-refractivity contribution < 1.29 is 24.6 Å². The molecule has 0 aliphatic heterocycles. The molecule has 0 bridgehead atoms. The molecule has 0 saturated carbocycles. The average Bonchev–Trinajstić information content (AvgIpc) is 2.53. The van der Waals surface area contributed by atoms with Gasteiger partial charge in [-0.15, -0.1) is 0 Å². The van der Waals surface area contributed by atoms with E-state index in [1.165, 1.54) is 0 Å². The maximum atomic E-state index is 10.6. The quantitative estimate of drug-likeness (QED) is 0.289. The van der Waals surface area contributed by atoms with E-state index in [0.29, 0.717) is 6.08 Å². The van der Waals surface area contributed by atoms with Crippen LogP contribution in [0.5, 0.6) is 0 Å². The van der Waals surface area contributed by atoms with Crippen LogP contribution in [0.15, 0.2) is 54.6 Å². The zero-order chi connectivity index (χ0) is 17.2. The van der Waals surface area contributed by atoms with Crippen LogP contribution in [0.2, 0.25) is 0 Å². The van der Waals surface area contributed by atoms with Gasteiger partial charge >= 0.3 is 11.9 Å². The SMILES string of the molecule is NNC(=O)/C=C\C(=O)O.O=C(O)Cc1cccc2ccccc12. The molecule has 7 nitrogen and oxygen atoms in total. The number of hydrogen-bond acceptors (Lipinski definition) is 4. The van der Waals surface area contributed by atoms with Crippen molar-refractivity contribution in [1.82, 2.24) is 5.43 Å². The molecule has 5 N–H and O–H groups in total. The monoisotopic (exact) mass is 316 g/mol. The largest absolute Gasteiger partial charge is 0.481 e. The summed E-state index contributed by atoms with van der Waals surface area (Å²) in [6, 6.07) is 13.5. The number of amides is 1. The molecule has 0 aliphatic carbocycles. The van der Waals surface area contributed by atoms with Crippen LogP contribution in [0.3, 0.4) is 0 Å². The Kier molecular flexibility index (Phi) is 6.96. The summed E-state index contributed by atoms with van der Waals surface area (Å²) < 4.78 is 0. The van der Waals surface area contributed by atoms with Crippen molar-refractivity contribution in [1.29, 1.82) is 0 Å². The lowest BCUT2D eigenvalue weighted by Gasteiger charge is -2.02. The fourth-order valence-corrected chi connectivity index (χ4v) is 1.80. The van der Waals surface area contributed by atoms with Crippen molar-refractivity contribution >= 4 is 28.6 Å². The van der Waals surface area contributed by atoms with Gasteiger partial charge in [-0.3, -0.25) is 15.0 Å². The molecule has 0 saturated heterocycles. The summed E-state index contributed by atoms with van der Waals surface area (Å²) in [6.07, 6.45) is 1.60. The maximum Gasteiger partial charge on any atom is 0.328 e. The molecule has 0 atom stereocenters. The molecule has 120 valence electrons. The first-order valence-electron chi connectivity index (χ1n) is 6.54. The van der Waals surface area contributed by atoms with Gasteiger partial charge in [0.1, 0.15) is 0 Å². The predicted molar refractivity (Wildman–Crippen MR) is 84.4 cm³/mol. The van der Waals surface area contributed by atoms with Crippen molar-refractivity contribution in [2.75, 3.05) is 0 Å². The Labute approximate surface area is 132 Å². The van der Waals surface area contributed by atoms with Gasteiger partial charge in [0.05, 0.1) is 6.42 Å². The van der Waals surface area contributed by atoms with E-state index in [9.17, 15) is 14.4 Å². The summed E-state index contributed by atoms with van der Waals surface area (Å²) in [6.45, 7) is 0. The molecular weight excluding hydrogens is 300 g/mol. The van der Waals surface area contributed by atoms with E-state index in [4.69, 9.17) is 10.2 Å². The van der Waals surface area contributed by atoms with Gasteiger partial charge in [0.2, 0.25) is 0 Å². The Balaban J connectivity index is 0.000000257. The van der Waals surface area contributed by atoms with Crippen molar-refractivity contribution in [2.24, 2.45) is 5.84 Å². The minimum absolute atomic E-state index is 0.0847. The summed E-state index contributed by atoms with van der Waals surface area (Å²) in [5, 5.41) is 18.8. The molecule has 0 fully saturated rings. The topological polar surface area (TPSA) is 130 Å². The number of hydrogen-bond donors (Lipinski definition) is 4. The molecule has 2 rings (SSSR count). The van der Waals surface area contributed by atoms with E-state index in [0.717, 1.165) is 22.4 Å². The van der Waals surface area contributed by atoms with Crippen LogP contribution in [0.1, 0.15) is 5.56 Å². The molecule has 0 aliphatic rings. The Hall–Kier alpha value is -3.19. The highest BCUT2D eigenvalue weighted by Gasteiger charge is 2.03. The summed E-state index contributed by atoms with van der Waals surface area (Å²) in [4.78, 5) is 30.5. The molecule has 0 unspecified atom stereocenters. The summed E-state index contributed by atoms with van der Waals surface area (Å²) >= 11 is 0. The number of fused-ring (bicyclic) bond motifs is 1. The van der Waals surface area contributed by atoms with E-state index in [2.05, 4.69) is 5.84 Å². The Morgan fingerprint density at radius 3 is 2.26 bits per heavy atom. The highest BCUT2D eigenvalue weighted by Crippen LogP contribution is 2.18. The smallest absolute Gasteiger partial charge is 0.328 e. The van der Waals surface area contributed by atoms with Crippen LogP contribution >= 0.6 is 0 Å². The third-order valence-electron chi connectivity index (χ3n) is 2.74. The highest BCUT2D eigenvalue weighted by atomic mass is 16.4. The number of carboxylic acids is 2. The molecule has 23 heavy (non-hydrogen) atoms. The highest BCUT2D eigenvalue weighted by molar-refractivity contribution is 5.93. The number of nitrogens with one attached hydrogen (secondary N) is 1. The van der Waals surface area contributed by atoms with E-state index in [-0.39, 0.29) is 6.42 Å². The molecule has 2 aromatic carbocycles. The van der Waals surface area contributed by atoms with E-state index >= 15 is 0 Å². The number of rotatable bonds is 4. The van der Waals surface area contributed by atoms with Crippen LogP contribution < -0.4 is 11.3 Å². The van der Waals surface area contributed by atoms with Gasteiger partial charge in [0, 0.05) is 12.2 Å². The van der Waals surface area contributed by atoms with Gasteiger partial charge in [0.15, 0.2) is 0 Å². The van der Waals surface area contributed by atoms with Gasteiger partial charge in [-0.05, 0) is 16.3 Å². The Bertz CT molecular complexity index is 735. The molecule has 0 aromatic heterocycles. The standard InChI is InChI=1S/C12H10O2.C4H6N2O3/c13-12(14)8-10-6-3-5-9-4-1-2-7-11(9)10;5-6-3(7)1-2-4(8)9/h1-7H,8H2,(H,13,14);1-2H,5H2,(H,6,7)(H,8,9)/b;2-1-. The van der Waals surface area contributed by atoms with Crippen LogP contribution in [0, 0.1) is 0 Å². The van der Waals surface area contributed by atoms with Crippen molar-refractivity contribution in [3.8, 4) is 0 Å². The lowest BCUT2D eigenvalue weighted by atomic mass is 10.0. The maximum absolute atomic E-state index is 10.6. The molecule has 7 heteroatoms. The number of carbonyl (C=O) groups excluding carboxylic acids is 1. The molecule has 1 amide bonds. The second kappa shape index (κ2) is 8.96. The third-order valence-corrected chi connectivity index (χ3v) is 2.74. The molecule has 0 heterocycles. The number of nitrogens with two attached hydrogens (primary N) is 1. The van der Waals surface area contributed by atoms with Crippen LogP contribution in [-0.4, -0.2) is 28.1 Å². The summed E-state index contributed by atoms with van der Waals surface area (Å²) in [5.74, 6) is 2.00. The first-order valence-corrected chi connectivity index (χ1v) is 6.54. The first-order chi connectivity index (χ1) is 10.9. The number of aliphatic carboxylic acids is 2. The predicted octanol–water partition coefficient (Wildman–Crippen LogP) is 1.08. The van der Waals surface area contributed by atoms with Gasteiger partial charge in [-0.1, -0.05) is 42.5 Å². The molecular formula is C16H16N2O5. The fourth-order valence-electron chi connectivity index (χ4n) is 1.80. The van der Waals surface area contributed by atoms with Gasteiger partial charge in [-0.25, -0.2) is 10.6 Å². The fraction of sp³-hybridized carbons (Fsp3) is 0.0625. The minimum Gasteiger partial charge on any atom is -0.481 e. The van der Waals surface area contributed by atoms with Gasteiger partial charge in [0.25, 0.3) is 5.91 Å². The van der Waals surface area contributed by atoms with Gasteiger partial charge < -0.3 is 10.2 Å². The minimum atomic E-state index is -1.18. The zero-order valence-corrected chi connectivity index (χ0v) is 12.1. The second-order valence-electron chi connectivity index (χ2n) is 4.39. The third kappa shape index (κ3) is 6.40. The molecule has 2 aromatic rings. The van der Waals surface area contributed by atoms with Crippen molar-refractivity contribution in [2.45, 2.75) is 6.42 Å². The first kappa shape index (κ1) is 17.9. The van der Waals surface area contributed by atoms with E-state index < -0.39 is 17.8 Å². The van der Waals surface area contributed by atoms with Crippen LogP contribution in [0.4, 0.5) is 0 Å². The number of carbonyl (C=O) groups is 3. The van der Waals surface area contributed by atoms with Crippen molar-refractivity contribution in [3.63, 3.8) is 0 Å². The summed E-state index contributed by atoms with van der Waals surface area (Å²) in [5.41, 5.74) is 2.60. The Morgan fingerprint density at radius 1 is 1.00 bits per heavy atom. The summed E-state index contributed by atoms with van der Waals surface area (Å²) in [7, 11) is 0. The molecule has 0 spiro atoms. The number of carboxylic acid groups (broad SMARTS) is 2. The average molecular weight is 316 g/mol. The van der Waals surface area contributed by atoms with E-state index in [1.54, 1.807) is 5.43 Å². The second-order valence-corrected chi connectivity index (χ2v) is 4.39. The van der Waals surface area contributed by atoms with Crippen LogP contribution in [-0.2, 0) is 20.8 Å². The lowest BCUT2D eigenvalue weighted by Crippen LogP contribution is -2.28.